The second-order valence-electron chi connectivity index (χ2n) is 7.85. The van der Waals surface area contributed by atoms with E-state index in [1.807, 2.05) is 18.7 Å². The molecule has 1 fully saturated rings. The van der Waals surface area contributed by atoms with E-state index in [-0.39, 0.29) is 46.4 Å². The number of nitrogens with one attached hydrogen (secondary N) is 2. The van der Waals surface area contributed by atoms with E-state index in [0.717, 1.165) is 17.0 Å². The minimum atomic E-state index is -3.47. The third kappa shape index (κ3) is 5.84. The van der Waals surface area contributed by atoms with Gasteiger partial charge in [0.25, 0.3) is 0 Å². The molecule has 11 heteroatoms. The Kier molecular flexibility index (Phi) is 7.52. The van der Waals surface area contributed by atoms with E-state index in [4.69, 9.17) is 0 Å². The number of phenolic OH excluding ortho intramolecular Hbond substituents is 1. The summed E-state index contributed by atoms with van der Waals surface area (Å²) in [4.78, 5) is 32.5. The number of likely N-dealkylation sites (tertiary alicyclic amines) is 1. The summed E-state index contributed by atoms with van der Waals surface area (Å²) < 4.78 is 24.2. The van der Waals surface area contributed by atoms with Gasteiger partial charge in [-0.25, -0.2) is 13.4 Å². The van der Waals surface area contributed by atoms with E-state index < -0.39 is 9.84 Å². The molecular weight excluding hydrogens is 452 g/mol. The van der Waals surface area contributed by atoms with Gasteiger partial charge in [0.15, 0.2) is 15.0 Å². The molecule has 2 aromatic rings. The molecule has 1 saturated heterocycles. The second-order valence-corrected chi connectivity index (χ2v) is 11.3. The van der Waals surface area contributed by atoms with Crippen LogP contribution in [0.4, 0.5) is 10.8 Å². The molecule has 1 aliphatic heterocycles. The molecule has 3 rings (SSSR count). The van der Waals surface area contributed by atoms with Crippen molar-refractivity contribution in [3.05, 3.63) is 28.8 Å². The van der Waals surface area contributed by atoms with Crippen LogP contribution >= 0.6 is 11.3 Å². The first-order valence-corrected chi connectivity index (χ1v) is 12.9. The molecule has 0 saturated carbocycles. The van der Waals surface area contributed by atoms with Crippen molar-refractivity contribution >= 4 is 43.8 Å². The van der Waals surface area contributed by atoms with E-state index in [1.165, 1.54) is 36.5 Å². The lowest BCUT2D eigenvalue weighted by atomic mass is 9.97. The maximum Gasteiger partial charge on any atom is 0.240 e. The molecule has 0 spiro atoms. The van der Waals surface area contributed by atoms with Crippen LogP contribution in [0.1, 0.15) is 30.3 Å². The highest BCUT2D eigenvalue weighted by Crippen LogP contribution is 2.28. The Morgan fingerprint density at radius 3 is 2.69 bits per heavy atom. The van der Waals surface area contributed by atoms with Crippen LogP contribution in [-0.4, -0.2) is 60.6 Å². The van der Waals surface area contributed by atoms with Crippen LogP contribution < -0.4 is 10.6 Å². The van der Waals surface area contributed by atoms with Gasteiger partial charge in [0.1, 0.15) is 5.75 Å². The van der Waals surface area contributed by atoms with E-state index in [0.29, 0.717) is 24.6 Å². The molecule has 9 nitrogen and oxygen atoms in total. The van der Waals surface area contributed by atoms with Gasteiger partial charge >= 0.3 is 0 Å². The highest BCUT2D eigenvalue weighted by molar-refractivity contribution is 7.91. The smallest absolute Gasteiger partial charge is 0.240 e. The number of amides is 2. The van der Waals surface area contributed by atoms with Gasteiger partial charge in [-0.3, -0.25) is 14.5 Å². The summed E-state index contributed by atoms with van der Waals surface area (Å²) in [5.74, 6) is -1.16. The molecule has 0 radical (unpaired) electrons. The van der Waals surface area contributed by atoms with Crippen LogP contribution in [0.3, 0.4) is 0 Å². The summed E-state index contributed by atoms with van der Waals surface area (Å²) in [6.07, 6.45) is 1.39. The summed E-state index contributed by atoms with van der Waals surface area (Å²) in [6, 6.07) is 3.85. The fourth-order valence-electron chi connectivity index (χ4n) is 3.51. The quantitative estimate of drug-likeness (QED) is 0.520. The van der Waals surface area contributed by atoms with Crippen LogP contribution in [0.5, 0.6) is 5.75 Å². The zero-order chi connectivity index (χ0) is 23.5. The molecule has 1 aliphatic rings. The number of carbonyl (C=O) groups is 2. The molecule has 2 amide bonds. The van der Waals surface area contributed by atoms with E-state index >= 15 is 0 Å². The number of benzene rings is 1. The second kappa shape index (κ2) is 9.97. The van der Waals surface area contributed by atoms with Crippen molar-refractivity contribution in [3.63, 3.8) is 0 Å². The number of aromatic nitrogens is 1. The van der Waals surface area contributed by atoms with Gasteiger partial charge in [0.2, 0.25) is 11.8 Å². The van der Waals surface area contributed by atoms with Crippen molar-refractivity contribution < 1.29 is 23.1 Å². The SMILES string of the molecule is CCS(=O)(=O)c1ccc(O)c(NC(=O)C2CCCN(CC(=O)Nc3nc(C)c(C)s3)C2)c1. The molecule has 1 aromatic heterocycles. The van der Waals surface area contributed by atoms with Crippen LogP contribution in [0.15, 0.2) is 23.1 Å². The number of phenols is 1. The average molecular weight is 481 g/mol. The van der Waals surface area contributed by atoms with Crippen molar-refractivity contribution in [2.75, 3.05) is 36.0 Å². The maximum atomic E-state index is 12.8. The molecule has 0 bridgehead atoms. The zero-order valence-electron chi connectivity index (χ0n) is 18.3. The standard InChI is InChI=1S/C21H28N4O5S2/c1-4-32(29,30)16-7-8-18(26)17(10-16)23-20(28)15-6-5-9-25(11-15)12-19(27)24-21-22-13(2)14(3)31-21/h7-8,10,15,26H,4-6,9,11-12H2,1-3H3,(H,23,28)(H,22,24,27). The molecule has 1 aromatic carbocycles. The van der Waals surface area contributed by atoms with Gasteiger partial charge in [-0.1, -0.05) is 6.92 Å². The molecule has 2 heterocycles. The van der Waals surface area contributed by atoms with Gasteiger partial charge < -0.3 is 15.7 Å². The van der Waals surface area contributed by atoms with Gasteiger partial charge in [0, 0.05) is 11.4 Å². The first-order chi connectivity index (χ1) is 15.1. The fourth-order valence-corrected chi connectivity index (χ4v) is 5.25. The fraction of sp³-hybridized carbons (Fsp3) is 0.476. The minimum absolute atomic E-state index is 0.0442. The van der Waals surface area contributed by atoms with Crippen LogP contribution in [0.25, 0.3) is 0 Å². The summed E-state index contributed by atoms with van der Waals surface area (Å²) in [5.41, 5.74) is 0.952. The lowest BCUT2D eigenvalue weighted by Gasteiger charge is -2.31. The normalized spacial score (nSPS) is 17.2. The Bertz CT molecular complexity index is 1090. The number of anilines is 2. The first kappa shape index (κ1) is 24.1. The molecule has 32 heavy (non-hydrogen) atoms. The lowest BCUT2D eigenvalue weighted by molar-refractivity contribution is -0.123. The molecule has 0 aliphatic carbocycles. The number of aromatic hydroxyl groups is 1. The number of nitrogens with zero attached hydrogens (tertiary/aromatic N) is 2. The maximum absolute atomic E-state index is 12.8. The predicted octanol–water partition coefficient (Wildman–Crippen LogP) is 2.55. The van der Waals surface area contributed by atoms with E-state index in [2.05, 4.69) is 15.6 Å². The third-order valence-electron chi connectivity index (χ3n) is 5.48. The first-order valence-electron chi connectivity index (χ1n) is 10.4. The highest BCUT2D eigenvalue weighted by atomic mass is 32.2. The number of hydrogen-bond acceptors (Lipinski definition) is 8. The van der Waals surface area contributed by atoms with E-state index in [9.17, 15) is 23.1 Å². The van der Waals surface area contributed by atoms with Gasteiger partial charge in [-0.05, 0) is 51.4 Å². The Morgan fingerprint density at radius 1 is 1.28 bits per heavy atom. The average Bonchev–Trinajstić information content (AvgIpc) is 3.06. The molecule has 3 N–H and O–H groups in total. The number of piperidine rings is 1. The third-order valence-corrected chi connectivity index (χ3v) is 8.20. The summed E-state index contributed by atoms with van der Waals surface area (Å²) in [5, 5.41) is 16.1. The number of hydrogen-bond donors (Lipinski definition) is 3. The monoisotopic (exact) mass is 480 g/mol. The number of sulfone groups is 1. The van der Waals surface area contributed by atoms with Gasteiger partial charge in [0.05, 0.1) is 34.5 Å². The van der Waals surface area contributed by atoms with Crippen molar-refractivity contribution in [2.45, 2.75) is 38.5 Å². The lowest BCUT2D eigenvalue weighted by Crippen LogP contribution is -2.44. The minimum Gasteiger partial charge on any atom is -0.506 e. The number of thiazole rings is 1. The predicted molar refractivity (Wildman–Crippen MR) is 124 cm³/mol. The van der Waals surface area contributed by atoms with Crippen LogP contribution in [-0.2, 0) is 19.4 Å². The van der Waals surface area contributed by atoms with Crippen LogP contribution in [0, 0.1) is 19.8 Å². The van der Waals surface area contributed by atoms with E-state index in [1.54, 1.807) is 0 Å². The Balaban J connectivity index is 1.61. The summed E-state index contributed by atoms with van der Waals surface area (Å²) >= 11 is 1.42. The number of rotatable bonds is 7. The molecular formula is C21H28N4O5S2. The number of carbonyl (C=O) groups excluding carboxylic acids is 2. The van der Waals surface area contributed by atoms with Crippen molar-refractivity contribution in [1.82, 2.24) is 9.88 Å². The summed E-state index contributed by atoms with van der Waals surface area (Å²) in [6.45, 7) is 6.61. The van der Waals surface area contributed by atoms with Crippen LogP contribution in [0.2, 0.25) is 0 Å². The number of aryl methyl sites for hydroxylation is 2. The Hall–Kier alpha value is -2.50. The Morgan fingerprint density at radius 2 is 2.03 bits per heavy atom. The molecule has 1 atom stereocenters. The van der Waals surface area contributed by atoms with Crippen molar-refractivity contribution in [2.24, 2.45) is 5.92 Å². The zero-order valence-corrected chi connectivity index (χ0v) is 20.0. The van der Waals surface area contributed by atoms with Crippen molar-refractivity contribution in [1.29, 1.82) is 0 Å². The molecule has 1 unspecified atom stereocenters. The van der Waals surface area contributed by atoms with Crippen molar-refractivity contribution in [3.8, 4) is 5.75 Å². The largest absolute Gasteiger partial charge is 0.506 e. The van der Waals surface area contributed by atoms with Gasteiger partial charge in [-0.2, -0.15) is 0 Å². The highest BCUT2D eigenvalue weighted by Gasteiger charge is 2.28. The summed E-state index contributed by atoms with van der Waals surface area (Å²) in [7, 11) is -3.47. The van der Waals surface area contributed by atoms with Gasteiger partial charge in [-0.15, -0.1) is 11.3 Å². The molecule has 174 valence electrons. The Labute approximate surface area is 191 Å². The topological polar surface area (TPSA) is 129 Å².